The Hall–Kier alpha value is -1.15. The predicted molar refractivity (Wildman–Crippen MR) is 66.6 cm³/mol. The van der Waals surface area contributed by atoms with E-state index in [1.807, 2.05) is 0 Å². The van der Waals surface area contributed by atoms with Gasteiger partial charge < -0.3 is 15.4 Å². The maximum atomic E-state index is 11.6. The van der Waals surface area contributed by atoms with Gasteiger partial charge in [0.2, 0.25) is 5.91 Å². The number of nitrogens with two attached hydrogens (primary N) is 1. The molecule has 0 bridgehead atoms. The van der Waals surface area contributed by atoms with Gasteiger partial charge in [0.15, 0.2) is 9.84 Å². The highest BCUT2D eigenvalue weighted by Gasteiger charge is 2.20. The molecule has 0 aromatic heterocycles. The van der Waals surface area contributed by atoms with Gasteiger partial charge in [0.1, 0.15) is 5.75 Å². The molecule has 0 heterocycles. The first-order chi connectivity index (χ1) is 8.32. The minimum absolute atomic E-state index is 0.237. The molecule has 0 rings (SSSR count). The third kappa shape index (κ3) is 7.23. The second-order valence-electron chi connectivity index (χ2n) is 3.88. The van der Waals surface area contributed by atoms with Crippen LogP contribution in [0.3, 0.4) is 0 Å². The maximum Gasteiger partial charge on any atom is 0.306 e. The first-order valence-corrected chi connectivity index (χ1v) is 7.36. The maximum absolute atomic E-state index is 11.6. The van der Waals surface area contributed by atoms with Gasteiger partial charge in [-0.05, 0) is 13.0 Å². The second kappa shape index (κ2) is 8.04. The molecule has 0 unspecified atom stereocenters. The number of nitrogens with zero attached hydrogens (tertiary/aromatic N) is 1. The summed E-state index contributed by atoms with van der Waals surface area (Å²) in [6.07, 6.45) is 0.378. The van der Waals surface area contributed by atoms with Crippen molar-refractivity contribution in [2.75, 3.05) is 38.8 Å². The fraction of sp³-hybridized carbons (Fsp3) is 0.800. The van der Waals surface area contributed by atoms with Gasteiger partial charge in [-0.25, -0.2) is 8.42 Å². The van der Waals surface area contributed by atoms with Gasteiger partial charge in [-0.2, -0.15) is 0 Å². The van der Waals surface area contributed by atoms with Crippen molar-refractivity contribution in [2.24, 2.45) is 5.73 Å². The Morgan fingerprint density at radius 1 is 1.33 bits per heavy atom. The van der Waals surface area contributed by atoms with E-state index in [0.717, 1.165) is 0 Å². The summed E-state index contributed by atoms with van der Waals surface area (Å²) in [6, 6.07) is 0. The molecule has 106 valence electrons. The molecule has 0 fully saturated rings. The van der Waals surface area contributed by atoms with Gasteiger partial charge in [-0.3, -0.25) is 9.59 Å². The fourth-order valence-electron chi connectivity index (χ4n) is 1.16. The highest BCUT2D eigenvalue weighted by atomic mass is 32.2. The SMILES string of the molecule is COC(=O)CCS(=O)(=O)CC(=O)N(C)CCCN. The highest BCUT2D eigenvalue weighted by Crippen LogP contribution is 1.99. The van der Waals surface area contributed by atoms with Crippen LogP contribution < -0.4 is 5.73 Å². The van der Waals surface area contributed by atoms with Gasteiger partial charge in [0.25, 0.3) is 0 Å². The lowest BCUT2D eigenvalue weighted by Gasteiger charge is -2.16. The van der Waals surface area contributed by atoms with Gasteiger partial charge in [0.05, 0.1) is 19.3 Å². The van der Waals surface area contributed by atoms with Gasteiger partial charge in [0, 0.05) is 13.6 Å². The van der Waals surface area contributed by atoms with Crippen LogP contribution >= 0.6 is 0 Å². The van der Waals surface area contributed by atoms with Crippen LogP contribution in [0, 0.1) is 0 Å². The Kier molecular flexibility index (Phi) is 7.53. The molecule has 0 saturated carbocycles. The largest absolute Gasteiger partial charge is 0.469 e. The Morgan fingerprint density at radius 2 is 1.94 bits per heavy atom. The van der Waals surface area contributed by atoms with Crippen LogP contribution in [0.4, 0.5) is 0 Å². The van der Waals surface area contributed by atoms with Crippen molar-refractivity contribution < 1.29 is 22.7 Å². The van der Waals surface area contributed by atoms with Crippen LogP contribution in [0.1, 0.15) is 12.8 Å². The predicted octanol–water partition coefficient (Wildman–Crippen LogP) is -1.23. The number of hydrogen-bond donors (Lipinski definition) is 1. The number of amides is 1. The Bertz CT molecular complexity index is 380. The molecule has 0 spiro atoms. The minimum Gasteiger partial charge on any atom is -0.469 e. The standard InChI is InChI=1S/C10H20N2O5S/c1-12(6-3-5-11)9(13)8-18(15,16)7-4-10(14)17-2/h3-8,11H2,1-2H3. The molecule has 0 aromatic rings. The van der Waals surface area contributed by atoms with E-state index in [-0.39, 0.29) is 12.2 Å². The normalized spacial score (nSPS) is 11.1. The van der Waals surface area contributed by atoms with E-state index in [9.17, 15) is 18.0 Å². The number of carbonyl (C=O) groups excluding carboxylic acids is 2. The zero-order valence-electron chi connectivity index (χ0n) is 10.7. The van der Waals surface area contributed by atoms with Gasteiger partial charge >= 0.3 is 5.97 Å². The summed E-state index contributed by atoms with van der Waals surface area (Å²) >= 11 is 0. The molecule has 7 nitrogen and oxygen atoms in total. The molecular weight excluding hydrogens is 260 g/mol. The number of ether oxygens (including phenoxy) is 1. The quantitative estimate of drug-likeness (QED) is 0.558. The smallest absolute Gasteiger partial charge is 0.306 e. The van der Waals surface area contributed by atoms with Crippen molar-refractivity contribution in [2.45, 2.75) is 12.8 Å². The highest BCUT2D eigenvalue weighted by molar-refractivity contribution is 7.92. The summed E-state index contributed by atoms with van der Waals surface area (Å²) in [5, 5.41) is 0. The van der Waals surface area contributed by atoms with E-state index in [1.165, 1.54) is 19.1 Å². The monoisotopic (exact) mass is 280 g/mol. The van der Waals surface area contributed by atoms with Gasteiger partial charge in [-0.1, -0.05) is 0 Å². The molecule has 8 heteroatoms. The Morgan fingerprint density at radius 3 is 2.44 bits per heavy atom. The topological polar surface area (TPSA) is 107 Å². The summed E-state index contributed by atoms with van der Waals surface area (Å²) in [7, 11) is -0.876. The summed E-state index contributed by atoms with van der Waals surface area (Å²) in [4.78, 5) is 23.7. The van der Waals surface area contributed by atoms with Crippen molar-refractivity contribution >= 4 is 21.7 Å². The summed E-state index contributed by atoms with van der Waals surface area (Å²) in [6.45, 7) is 0.856. The molecule has 0 aliphatic rings. The van der Waals surface area contributed by atoms with Crippen LogP contribution in [0.2, 0.25) is 0 Å². The third-order valence-corrected chi connectivity index (χ3v) is 3.82. The van der Waals surface area contributed by atoms with E-state index in [1.54, 1.807) is 0 Å². The first-order valence-electron chi connectivity index (χ1n) is 5.53. The molecule has 0 saturated heterocycles. The molecule has 1 amide bonds. The Labute approximate surface area is 107 Å². The van der Waals surface area contributed by atoms with E-state index in [2.05, 4.69) is 4.74 Å². The summed E-state index contributed by atoms with van der Waals surface area (Å²) in [5.74, 6) is -2.07. The first kappa shape index (κ1) is 16.9. The average molecular weight is 280 g/mol. The fourth-order valence-corrected chi connectivity index (χ4v) is 2.38. The summed E-state index contributed by atoms with van der Waals surface area (Å²) < 4.78 is 27.5. The number of esters is 1. The molecule has 0 aliphatic heterocycles. The second-order valence-corrected chi connectivity index (χ2v) is 6.06. The lowest BCUT2D eigenvalue weighted by atomic mass is 10.4. The zero-order valence-corrected chi connectivity index (χ0v) is 11.5. The van der Waals surface area contributed by atoms with Crippen LogP contribution in [0.5, 0.6) is 0 Å². The van der Waals surface area contributed by atoms with Crippen LogP contribution in [0.25, 0.3) is 0 Å². The molecule has 0 atom stereocenters. The van der Waals surface area contributed by atoms with Crippen molar-refractivity contribution in [1.29, 1.82) is 0 Å². The number of sulfone groups is 1. The minimum atomic E-state index is -3.58. The van der Waals surface area contributed by atoms with Crippen molar-refractivity contribution in [3.63, 3.8) is 0 Å². The summed E-state index contributed by atoms with van der Waals surface area (Å²) in [5.41, 5.74) is 5.29. The molecule has 0 aliphatic carbocycles. The molecular formula is C10H20N2O5S. The van der Waals surface area contributed by atoms with Crippen molar-refractivity contribution in [3.8, 4) is 0 Å². The number of carbonyl (C=O) groups is 2. The van der Waals surface area contributed by atoms with E-state index >= 15 is 0 Å². The Balaban J connectivity index is 4.23. The van der Waals surface area contributed by atoms with E-state index in [0.29, 0.717) is 19.5 Å². The number of hydrogen-bond acceptors (Lipinski definition) is 6. The number of rotatable bonds is 8. The molecule has 0 aromatic carbocycles. The molecule has 2 N–H and O–H groups in total. The van der Waals surface area contributed by atoms with Crippen molar-refractivity contribution in [3.05, 3.63) is 0 Å². The number of methoxy groups -OCH3 is 1. The molecule has 0 radical (unpaired) electrons. The third-order valence-electron chi connectivity index (χ3n) is 2.31. The lowest BCUT2D eigenvalue weighted by Crippen LogP contribution is -2.35. The van der Waals surface area contributed by atoms with Crippen molar-refractivity contribution in [1.82, 2.24) is 4.90 Å². The van der Waals surface area contributed by atoms with Gasteiger partial charge in [-0.15, -0.1) is 0 Å². The van der Waals surface area contributed by atoms with E-state index < -0.39 is 27.5 Å². The average Bonchev–Trinajstić information content (AvgIpc) is 2.32. The molecule has 18 heavy (non-hydrogen) atoms. The van der Waals surface area contributed by atoms with E-state index in [4.69, 9.17) is 5.73 Å². The van der Waals surface area contributed by atoms with Crippen LogP contribution in [-0.2, 0) is 24.2 Å². The van der Waals surface area contributed by atoms with Crippen LogP contribution in [0.15, 0.2) is 0 Å². The zero-order chi connectivity index (χ0) is 14.2. The lowest BCUT2D eigenvalue weighted by molar-refractivity contribution is -0.140. The van der Waals surface area contributed by atoms with Crippen LogP contribution in [-0.4, -0.2) is 63.9 Å².